The van der Waals surface area contributed by atoms with E-state index >= 15 is 0 Å². The average molecular weight is 420 g/mol. The second kappa shape index (κ2) is 8.11. The van der Waals surface area contributed by atoms with Gasteiger partial charge >= 0.3 is 0 Å². The van der Waals surface area contributed by atoms with Crippen molar-refractivity contribution in [2.45, 2.75) is 25.3 Å². The molecule has 3 aromatic heterocycles. The van der Waals surface area contributed by atoms with Crippen molar-refractivity contribution in [2.75, 3.05) is 20.2 Å². The first-order chi connectivity index (χ1) is 15.1. The highest BCUT2D eigenvalue weighted by Gasteiger charge is 2.25. The SMILES string of the molecule is COc1ccc(F)cc1-c1ccc2nc([C@H]3CCCN(Cc4cnn(C)c4)C3)nn2c1. The van der Waals surface area contributed by atoms with Gasteiger partial charge in [0.1, 0.15) is 11.6 Å². The molecule has 1 saturated heterocycles. The molecule has 0 bridgehead atoms. The zero-order valence-electron chi connectivity index (χ0n) is 17.7. The normalized spacial score (nSPS) is 17.3. The molecule has 160 valence electrons. The molecule has 1 aliphatic rings. The second-order valence-electron chi connectivity index (χ2n) is 8.13. The Morgan fingerprint density at radius 1 is 1.19 bits per heavy atom. The Bertz CT molecular complexity index is 1220. The average Bonchev–Trinajstić information content (AvgIpc) is 3.39. The van der Waals surface area contributed by atoms with Crippen LogP contribution in [0.3, 0.4) is 0 Å². The molecule has 4 heterocycles. The number of ether oxygens (including phenoxy) is 1. The van der Waals surface area contributed by atoms with Gasteiger partial charge in [-0.1, -0.05) is 0 Å². The van der Waals surface area contributed by atoms with Crippen molar-refractivity contribution >= 4 is 5.65 Å². The van der Waals surface area contributed by atoms with E-state index in [1.165, 1.54) is 17.7 Å². The summed E-state index contributed by atoms with van der Waals surface area (Å²) in [5.74, 6) is 1.47. The maximum atomic E-state index is 13.8. The fourth-order valence-corrected chi connectivity index (χ4v) is 4.36. The largest absolute Gasteiger partial charge is 0.496 e. The van der Waals surface area contributed by atoms with Crippen LogP contribution in [0.1, 0.15) is 30.1 Å². The molecule has 0 N–H and O–H groups in total. The van der Waals surface area contributed by atoms with Crippen LogP contribution in [0.25, 0.3) is 16.8 Å². The molecule has 31 heavy (non-hydrogen) atoms. The van der Waals surface area contributed by atoms with E-state index in [4.69, 9.17) is 14.8 Å². The van der Waals surface area contributed by atoms with E-state index in [9.17, 15) is 4.39 Å². The first-order valence-corrected chi connectivity index (χ1v) is 10.5. The third-order valence-corrected chi connectivity index (χ3v) is 5.86. The zero-order chi connectivity index (χ0) is 21.4. The predicted molar refractivity (Wildman–Crippen MR) is 115 cm³/mol. The lowest BCUT2D eigenvalue weighted by atomic mass is 9.97. The van der Waals surface area contributed by atoms with Crippen LogP contribution in [0, 0.1) is 5.82 Å². The highest BCUT2D eigenvalue weighted by molar-refractivity contribution is 5.71. The van der Waals surface area contributed by atoms with Crippen molar-refractivity contribution in [1.29, 1.82) is 0 Å². The van der Waals surface area contributed by atoms with Crippen LogP contribution in [0.2, 0.25) is 0 Å². The van der Waals surface area contributed by atoms with Crippen molar-refractivity contribution in [3.8, 4) is 16.9 Å². The monoisotopic (exact) mass is 420 g/mol. The van der Waals surface area contributed by atoms with Crippen molar-refractivity contribution in [1.82, 2.24) is 29.3 Å². The molecule has 0 spiro atoms. The molecule has 4 aromatic rings. The van der Waals surface area contributed by atoms with Crippen LogP contribution in [0.4, 0.5) is 4.39 Å². The minimum Gasteiger partial charge on any atom is -0.496 e. The first kappa shape index (κ1) is 19.7. The number of aryl methyl sites for hydroxylation is 1. The van der Waals surface area contributed by atoms with Crippen molar-refractivity contribution in [3.63, 3.8) is 0 Å². The summed E-state index contributed by atoms with van der Waals surface area (Å²) in [6.45, 7) is 2.89. The predicted octanol–water partition coefficient (Wildman–Crippen LogP) is 3.66. The highest BCUT2D eigenvalue weighted by atomic mass is 19.1. The number of hydrogen-bond acceptors (Lipinski definition) is 5. The zero-order valence-corrected chi connectivity index (χ0v) is 17.7. The summed E-state index contributed by atoms with van der Waals surface area (Å²) >= 11 is 0. The summed E-state index contributed by atoms with van der Waals surface area (Å²) in [6, 6.07) is 8.37. The van der Waals surface area contributed by atoms with Crippen molar-refractivity contribution in [3.05, 3.63) is 66.1 Å². The van der Waals surface area contributed by atoms with E-state index in [1.54, 1.807) is 17.7 Å². The number of rotatable bonds is 5. The smallest absolute Gasteiger partial charge is 0.156 e. The number of hydrogen-bond donors (Lipinski definition) is 0. The van der Waals surface area contributed by atoms with Crippen molar-refractivity contribution < 1.29 is 9.13 Å². The van der Waals surface area contributed by atoms with Gasteiger partial charge in [-0.3, -0.25) is 9.58 Å². The van der Waals surface area contributed by atoms with Gasteiger partial charge in [-0.25, -0.2) is 13.9 Å². The van der Waals surface area contributed by atoms with Crippen molar-refractivity contribution in [2.24, 2.45) is 7.05 Å². The summed E-state index contributed by atoms with van der Waals surface area (Å²) in [5.41, 5.74) is 3.54. The molecule has 5 rings (SSSR count). The standard InChI is InChI=1S/C23H25FN6O/c1-28-12-16(11-25-28)13-29-9-3-4-18(14-29)23-26-22-8-5-17(15-30(22)27-23)20-10-19(24)6-7-21(20)31-2/h5-8,10-12,15,18H,3-4,9,13-14H2,1-2H3/t18-/m0/s1. The van der Waals surface area contributed by atoms with Gasteiger partial charge in [0.2, 0.25) is 0 Å². The minimum atomic E-state index is -0.300. The molecule has 0 radical (unpaired) electrons. The number of fused-ring (bicyclic) bond motifs is 1. The van der Waals surface area contributed by atoms with Gasteiger partial charge in [0, 0.05) is 55.1 Å². The summed E-state index contributed by atoms with van der Waals surface area (Å²) < 4.78 is 22.9. The van der Waals surface area contributed by atoms with E-state index in [0.717, 1.165) is 49.5 Å². The van der Waals surface area contributed by atoms with Crippen LogP contribution in [-0.2, 0) is 13.6 Å². The van der Waals surface area contributed by atoms with Gasteiger partial charge in [-0.05, 0) is 49.7 Å². The Hall–Kier alpha value is -3.26. The number of nitrogens with zero attached hydrogens (tertiary/aromatic N) is 6. The molecule has 1 fully saturated rings. The third-order valence-electron chi connectivity index (χ3n) is 5.86. The molecule has 0 aliphatic carbocycles. The topological polar surface area (TPSA) is 60.5 Å². The Balaban J connectivity index is 1.39. The molecule has 0 saturated carbocycles. The Kier molecular flexibility index (Phi) is 5.15. The molecule has 7 nitrogen and oxygen atoms in total. The fraction of sp³-hybridized carbons (Fsp3) is 0.348. The number of benzene rings is 1. The lowest BCUT2D eigenvalue weighted by molar-refractivity contribution is 0.196. The number of likely N-dealkylation sites (tertiary alicyclic amines) is 1. The lowest BCUT2D eigenvalue weighted by Gasteiger charge is -2.30. The molecule has 0 unspecified atom stereocenters. The number of methoxy groups -OCH3 is 1. The maximum absolute atomic E-state index is 13.8. The maximum Gasteiger partial charge on any atom is 0.156 e. The summed E-state index contributed by atoms with van der Waals surface area (Å²) in [4.78, 5) is 7.22. The van der Waals surface area contributed by atoms with E-state index < -0.39 is 0 Å². The van der Waals surface area contributed by atoms with Crippen LogP contribution < -0.4 is 4.74 Å². The number of piperidine rings is 1. The number of halogens is 1. The second-order valence-corrected chi connectivity index (χ2v) is 8.13. The van der Waals surface area contributed by atoms with Crippen LogP contribution in [0.5, 0.6) is 5.75 Å². The first-order valence-electron chi connectivity index (χ1n) is 10.5. The van der Waals surface area contributed by atoms with Crippen LogP contribution in [-0.4, -0.2) is 49.5 Å². The Labute approximate surface area is 180 Å². The van der Waals surface area contributed by atoms with Gasteiger partial charge in [0.05, 0.1) is 13.3 Å². The fourth-order valence-electron chi connectivity index (χ4n) is 4.36. The molecule has 1 aromatic carbocycles. The number of aromatic nitrogens is 5. The lowest BCUT2D eigenvalue weighted by Crippen LogP contribution is -2.34. The number of pyridine rings is 1. The van der Waals surface area contributed by atoms with Gasteiger partial charge in [-0.15, -0.1) is 0 Å². The summed E-state index contributed by atoms with van der Waals surface area (Å²) in [6.07, 6.45) is 8.07. The molecular weight excluding hydrogens is 395 g/mol. The van der Waals surface area contributed by atoms with Gasteiger partial charge in [-0.2, -0.15) is 10.2 Å². The molecular formula is C23H25FN6O. The quantitative estimate of drug-likeness (QED) is 0.493. The van der Waals surface area contributed by atoms with E-state index in [2.05, 4.69) is 16.2 Å². The van der Waals surface area contributed by atoms with Crippen LogP contribution in [0.15, 0.2) is 48.9 Å². The Morgan fingerprint density at radius 2 is 2.10 bits per heavy atom. The van der Waals surface area contributed by atoms with E-state index in [0.29, 0.717) is 11.3 Å². The summed E-state index contributed by atoms with van der Waals surface area (Å²) in [5, 5.41) is 9.04. The van der Waals surface area contributed by atoms with E-state index in [-0.39, 0.29) is 11.7 Å². The molecule has 1 atom stereocenters. The van der Waals surface area contributed by atoms with E-state index in [1.807, 2.05) is 36.3 Å². The Morgan fingerprint density at radius 3 is 2.90 bits per heavy atom. The third kappa shape index (κ3) is 4.03. The molecule has 0 amide bonds. The van der Waals surface area contributed by atoms with Crippen LogP contribution >= 0.6 is 0 Å². The van der Waals surface area contributed by atoms with Gasteiger partial charge < -0.3 is 4.74 Å². The van der Waals surface area contributed by atoms with Gasteiger partial charge in [0.25, 0.3) is 0 Å². The minimum absolute atomic E-state index is 0.289. The highest BCUT2D eigenvalue weighted by Crippen LogP contribution is 2.31. The summed E-state index contributed by atoms with van der Waals surface area (Å²) in [7, 11) is 3.53. The van der Waals surface area contributed by atoms with Gasteiger partial charge in [0.15, 0.2) is 11.5 Å². The molecule has 8 heteroatoms. The molecule has 1 aliphatic heterocycles.